The SMILES string of the molecule is C=CC(=O)Nc1ccc(F)c(-c2nc(Nc3ccc(OC)c(N4CCOCC4)c3)nc3[nH]ncc23)c1. The molecule has 184 valence electrons. The average Bonchev–Trinajstić information content (AvgIpc) is 3.38. The van der Waals surface area contributed by atoms with Crippen LogP contribution in [0.4, 0.5) is 27.4 Å². The Morgan fingerprint density at radius 1 is 1.19 bits per heavy atom. The Morgan fingerprint density at radius 3 is 2.78 bits per heavy atom. The van der Waals surface area contributed by atoms with Gasteiger partial charge in [0.05, 0.1) is 43.3 Å². The highest BCUT2D eigenvalue weighted by atomic mass is 19.1. The van der Waals surface area contributed by atoms with E-state index in [0.29, 0.717) is 35.6 Å². The van der Waals surface area contributed by atoms with Crippen LogP contribution in [0.2, 0.25) is 0 Å². The van der Waals surface area contributed by atoms with Crippen LogP contribution in [-0.2, 0) is 9.53 Å². The number of halogens is 1. The first-order valence-electron chi connectivity index (χ1n) is 11.3. The molecule has 2 aromatic carbocycles. The molecule has 2 aromatic heterocycles. The van der Waals surface area contributed by atoms with Gasteiger partial charge in [0, 0.05) is 30.0 Å². The predicted molar refractivity (Wildman–Crippen MR) is 135 cm³/mol. The van der Waals surface area contributed by atoms with Crippen molar-refractivity contribution in [1.82, 2.24) is 20.2 Å². The molecule has 1 fully saturated rings. The van der Waals surface area contributed by atoms with E-state index in [4.69, 9.17) is 9.47 Å². The van der Waals surface area contributed by atoms with E-state index in [1.165, 1.54) is 24.4 Å². The number of amides is 1. The summed E-state index contributed by atoms with van der Waals surface area (Å²) in [5.74, 6) is 0.0905. The lowest BCUT2D eigenvalue weighted by Gasteiger charge is -2.30. The largest absolute Gasteiger partial charge is 0.495 e. The number of carbonyl (C=O) groups is 1. The molecule has 4 aromatic rings. The van der Waals surface area contributed by atoms with Gasteiger partial charge in [0.2, 0.25) is 11.9 Å². The lowest BCUT2D eigenvalue weighted by molar-refractivity contribution is -0.111. The second kappa shape index (κ2) is 10.0. The molecule has 0 atom stereocenters. The maximum Gasteiger partial charge on any atom is 0.247 e. The number of aromatic amines is 1. The van der Waals surface area contributed by atoms with Crippen molar-refractivity contribution in [1.29, 1.82) is 0 Å². The third-order valence-electron chi connectivity index (χ3n) is 5.77. The molecular formula is C25H24FN7O3. The van der Waals surface area contributed by atoms with E-state index < -0.39 is 11.7 Å². The molecule has 1 aliphatic heterocycles. The topological polar surface area (TPSA) is 117 Å². The Morgan fingerprint density at radius 2 is 2.00 bits per heavy atom. The number of anilines is 4. The molecule has 36 heavy (non-hydrogen) atoms. The first kappa shape index (κ1) is 23.2. The molecule has 0 radical (unpaired) electrons. The molecule has 11 heteroatoms. The van der Waals surface area contributed by atoms with Crippen LogP contribution >= 0.6 is 0 Å². The van der Waals surface area contributed by atoms with Gasteiger partial charge < -0.3 is 25.0 Å². The smallest absolute Gasteiger partial charge is 0.247 e. The molecule has 0 bridgehead atoms. The van der Waals surface area contributed by atoms with Gasteiger partial charge in [-0.3, -0.25) is 9.89 Å². The number of morpholine rings is 1. The van der Waals surface area contributed by atoms with Crippen LogP contribution < -0.4 is 20.3 Å². The normalized spacial score (nSPS) is 13.4. The molecule has 0 unspecified atom stereocenters. The zero-order valence-electron chi connectivity index (χ0n) is 19.5. The first-order chi connectivity index (χ1) is 17.6. The van der Waals surface area contributed by atoms with Crippen molar-refractivity contribution < 1.29 is 18.7 Å². The number of methoxy groups -OCH3 is 1. The number of hydrogen-bond donors (Lipinski definition) is 3. The number of benzene rings is 2. The lowest BCUT2D eigenvalue weighted by atomic mass is 10.1. The molecule has 5 rings (SSSR count). The number of rotatable bonds is 7. The zero-order chi connectivity index (χ0) is 25.1. The van der Waals surface area contributed by atoms with Crippen molar-refractivity contribution in [3.05, 3.63) is 61.1 Å². The quantitative estimate of drug-likeness (QED) is 0.335. The Bertz CT molecular complexity index is 1430. The summed E-state index contributed by atoms with van der Waals surface area (Å²) in [6, 6.07) is 9.93. The number of fused-ring (bicyclic) bond motifs is 1. The monoisotopic (exact) mass is 489 g/mol. The second-order valence-electron chi connectivity index (χ2n) is 8.03. The standard InChI is InChI=1S/C25H24FN7O3/c1-3-22(34)28-15-4-6-19(26)17(12-15)23-18-14-27-32-24(18)31-25(30-23)29-16-5-7-21(35-2)20(13-16)33-8-10-36-11-9-33/h3-7,12-14H,1,8-11H2,2H3,(H,28,34)(H2,27,29,30,31,32). The number of carbonyl (C=O) groups excluding carboxylic acids is 1. The van der Waals surface area contributed by atoms with E-state index in [2.05, 4.69) is 42.3 Å². The summed E-state index contributed by atoms with van der Waals surface area (Å²) in [4.78, 5) is 23.0. The van der Waals surface area contributed by atoms with Gasteiger partial charge >= 0.3 is 0 Å². The number of aromatic nitrogens is 4. The Balaban J connectivity index is 1.53. The second-order valence-corrected chi connectivity index (χ2v) is 8.03. The van der Waals surface area contributed by atoms with Crippen molar-refractivity contribution in [2.24, 2.45) is 0 Å². The minimum Gasteiger partial charge on any atom is -0.495 e. The van der Waals surface area contributed by atoms with Gasteiger partial charge in [0.25, 0.3) is 0 Å². The first-order valence-corrected chi connectivity index (χ1v) is 11.3. The van der Waals surface area contributed by atoms with Gasteiger partial charge in [-0.15, -0.1) is 0 Å². The fraction of sp³-hybridized carbons (Fsp3) is 0.200. The van der Waals surface area contributed by atoms with Crippen LogP contribution in [0.25, 0.3) is 22.3 Å². The van der Waals surface area contributed by atoms with Gasteiger partial charge in [-0.05, 0) is 42.5 Å². The molecule has 0 spiro atoms. The summed E-state index contributed by atoms with van der Waals surface area (Å²) in [7, 11) is 1.63. The highest BCUT2D eigenvalue weighted by molar-refractivity contribution is 6.00. The van der Waals surface area contributed by atoms with Gasteiger partial charge in [0.15, 0.2) is 5.65 Å². The minimum atomic E-state index is -0.502. The van der Waals surface area contributed by atoms with E-state index in [1.807, 2.05) is 18.2 Å². The molecule has 0 aliphatic carbocycles. The lowest BCUT2D eigenvalue weighted by Crippen LogP contribution is -2.36. The molecule has 3 heterocycles. The highest BCUT2D eigenvalue weighted by Gasteiger charge is 2.19. The Kier molecular flexibility index (Phi) is 6.46. The molecular weight excluding hydrogens is 465 g/mol. The van der Waals surface area contributed by atoms with Crippen molar-refractivity contribution in [3.63, 3.8) is 0 Å². The van der Waals surface area contributed by atoms with Crippen LogP contribution in [0, 0.1) is 5.82 Å². The van der Waals surface area contributed by atoms with Crippen LogP contribution in [0.5, 0.6) is 5.75 Å². The van der Waals surface area contributed by atoms with E-state index in [-0.39, 0.29) is 11.5 Å². The third kappa shape index (κ3) is 4.68. The van der Waals surface area contributed by atoms with Gasteiger partial charge in [0.1, 0.15) is 11.6 Å². The van der Waals surface area contributed by atoms with Crippen LogP contribution in [0.3, 0.4) is 0 Å². The summed E-state index contributed by atoms with van der Waals surface area (Å²) in [6.07, 6.45) is 2.68. The van der Waals surface area contributed by atoms with Gasteiger partial charge in [-0.25, -0.2) is 9.37 Å². The number of ether oxygens (including phenoxy) is 2. The third-order valence-corrected chi connectivity index (χ3v) is 5.77. The number of hydrogen-bond acceptors (Lipinski definition) is 8. The number of nitrogens with one attached hydrogen (secondary N) is 3. The van der Waals surface area contributed by atoms with E-state index in [1.54, 1.807) is 7.11 Å². The maximum atomic E-state index is 14.9. The molecule has 10 nitrogen and oxygen atoms in total. The zero-order valence-corrected chi connectivity index (χ0v) is 19.5. The van der Waals surface area contributed by atoms with E-state index in [0.717, 1.165) is 36.3 Å². The predicted octanol–water partition coefficient (Wildman–Crippen LogP) is 3.87. The molecule has 1 amide bonds. The Labute approximate surface area is 206 Å². The van der Waals surface area contributed by atoms with Crippen LogP contribution in [0.1, 0.15) is 0 Å². The number of H-pyrrole nitrogens is 1. The Hall–Kier alpha value is -4.51. The minimum absolute atomic E-state index is 0.192. The summed E-state index contributed by atoms with van der Waals surface area (Å²) in [5.41, 5.74) is 3.01. The van der Waals surface area contributed by atoms with Gasteiger partial charge in [-0.2, -0.15) is 10.1 Å². The van der Waals surface area contributed by atoms with Crippen molar-refractivity contribution in [3.8, 4) is 17.0 Å². The summed E-state index contributed by atoms with van der Waals surface area (Å²) < 4.78 is 26.0. The van der Waals surface area contributed by atoms with Crippen molar-refractivity contribution >= 4 is 40.0 Å². The van der Waals surface area contributed by atoms with E-state index in [9.17, 15) is 9.18 Å². The van der Waals surface area contributed by atoms with Crippen molar-refractivity contribution in [2.45, 2.75) is 0 Å². The molecule has 0 saturated carbocycles. The number of nitrogens with zero attached hydrogens (tertiary/aromatic N) is 4. The fourth-order valence-electron chi connectivity index (χ4n) is 4.02. The average molecular weight is 490 g/mol. The van der Waals surface area contributed by atoms with E-state index >= 15 is 0 Å². The van der Waals surface area contributed by atoms with Gasteiger partial charge in [-0.1, -0.05) is 6.58 Å². The van der Waals surface area contributed by atoms with Crippen LogP contribution in [-0.4, -0.2) is 59.5 Å². The highest BCUT2D eigenvalue weighted by Crippen LogP contribution is 2.34. The molecule has 1 saturated heterocycles. The fourth-order valence-corrected chi connectivity index (χ4v) is 4.02. The van der Waals surface area contributed by atoms with Crippen molar-refractivity contribution in [2.75, 3.05) is 48.9 Å². The summed E-state index contributed by atoms with van der Waals surface area (Å²) in [6.45, 7) is 6.22. The summed E-state index contributed by atoms with van der Waals surface area (Å²) >= 11 is 0. The van der Waals surface area contributed by atoms with Crippen LogP contribution in [0.15, 0.2) is 55.3 Å². The maximum absolute atomic E-state index is 14.9. The molecule has 3 N–H and O–H groups in total. The molecule has 1 aliphatic rings. The summed E-state index contributed by atoms with van der Waals surface area (Å²) in [5, 5.41) is 13.3.